The van der Waals surface area contributed by atoms with E-state index in [2.05, 4.69) is 29.6 Å². The van der Waals surface area contributed by atoms with E-state index in [0.29, 0.717) is 13.0 Å². The highest BCUT2D eigenvalue weighted by atomic mass is 16.5. The molecule has 0 bridgehead atoms. The SMILES string of the molecule is CCC[C@@H](CC(=O)N(CCC(=O)O)Cc1ccccc1)NC(=O)OCC1c2ccccc2-c2ccccc21. The van der Waals surface area contributed by atoms with E-state index in [4.69, 9.17) is 9.84 Å². The van der Waals surface area contributed by atoms with Gasteiger partial charge in [-0.3, -0.25) is 9.59 Å². The van der Waals surface area contributed by atoms with Crippen molar-refractivity contribution in [2.75, 3.05) is 13.2 Å². The molecule has 0 spiro atoms. The number of carbonyl (C=O) groups excluding carboxylic acids is 2. The van der Waals surface area contributed by atoms with Gasteiger partial charge in [-0.15, -0.1) is 0 Å². The van der Waals surface area contributed by atoms with Gasteiger partial charge >= 0.3 is 12.1 Å². The molecule has 0 radical (unpaired) electrons. The molecule has 7 nitrogen and oxygen atoms in total. The summed E-state index contributed by atoms with van der Waals surface area (Å²) < 4.78 is 5.68. The number of alkyl carbamates (subject to hydrolysis) is 1. The van der Waals surface area contributed by atoms with Crippen LogP contribution in [0.2, 0.25) is 0 Å². The highest BCUT2D eigenvalue weighted by Crippen LogP contribution is 2.44. The second-order valence-electron chi connectivity index (χ2n) is 9.60. The molecule has 3 aromatic rings. The van der Waals surface area contributed by atoms with Gasteiger partial charge in [0.2, 0.25) is 5.91 Å². The Kier molecular flexibility index (Phi) is 9.14. The van der Waals surface area contributed by atoms with Gasteiger partial charge in [0.1, 0.15) is 6.61 Å². The molecule has 38 heavy (non-hydrogen) atoms. The summed E-state index contributed by atoms with van der Waals surface area (Å²) in [5, 5.41) is 12.0. The topological polar surface area (TPSA) is 95.9 Å². The summed E-state index contributed by atoms with van der Waals surface area (Å²) in [6.07, 6.45) is 0.753. The van der Waals surface area contributed by atoms with E-state index in [-0.39, 0.29) is 37.8 Å². The molecule has 2 N–H and O–H groups in total. The lowest BCUT2D eigenvalue weighted by Crippen LogP contribution is -2.41. The molecule has 0 aliphatic heterocycles. The van der Waals surface area contributed by atoms with Crippen LogP contribution in [0, 0.1) is 0 Å². The molecule has 4 rings (SSSR count). The average Bonchev–Trinajstić information content (AvgIpc) is 3.24. The minimum absolute atomic E-state index is 0.0446. The van der Waals surface area contributed by atoms with E-state index < -0.39 is 18.1 Å². The van der Waals surface area contributed by atoms with Crippen LogP contribution >= 0.6 is 0 Å². The molecule has 0 saturated heterocycles. The molecular formula is C31H34N2O5. The van der Waals surface area contributed by atoms with Gasteiger partial charge < -0.3 is 20.1 Å². The fraction of sp³-hybridized carbons (Fsp3) is 0.323. The molecule has 3 aromatic carbocycles. The molecule has 0 unspecified atom stereocenters. The van der Waals surface area contributed by atoms with Gasteiger partial charge in [-0.05, 0) is 34.2 Å². The molecule has 0 heterocycles. The third-order valence-corrected chi connectivity index (χ3v) is 6.89. The maximum absolute atomic E-state index is 13.2. The Morgan fingerprint density at radius 3 is 2.13 bits per heavy atom. The third-order valence-electron chi connectivity index (χ3n) is 6.89. The van der Waals surface area contributed by atoms with Crippen molar-refractivity contribution < 1.29 is 24.2 Å². The zero-order chi connectivity index (χ0) is 26.9. The Labute approximate surface area is 223 Å². The number of rotatable bonds is 12. The number of carboxylic acid groups (broad SMARTS) is 1. The third kappa shape index (κ3) is 6.79. The Hall–Kier alpha value is -4.13. The first-order valence-corrected chi connectivity index (χ1v) is 13.1. The van der Waals surface area contributed by atoms with Crippen molar-refractivity contribution >= 4 is 18.0 Å². The molecule has 0 aromatic heterocycles. The van der Waals surface area contributed by atoms with Crippen LogP contribution in [-0.4, -0.2) is 47.2 Å². The highest BCUT2D eigenvalue weighted by molar-refractivity contribution is 5.80. The largest absolute Gasteiger partial charge is 0.481 e. The van der Waals surface area contributed by atoms with Gasteiger partial charge in [0.25, 0.3) is 0 Å². The normalized spacial score (nSPS) is 12.8. The highest BCUT2D eigenvalue weighted by Gasteiger charge is 2.29. The summed E-state index contributed by atoms with van der Waals surface area (Å²) in [7, 11) is 0. The summed E-state index contributed by atoms with van der Waals surface area (Å²) >= 11 is 0. The number of aliphatic carboxylic acids is 1. The van der Waals surface area contributed by atoms with Crippen LogP contribution < -0.4 is 5.32 Å². The maximum atomic E-state index is 13.2. The van der Waals surface area contributed by atoms with Crippen molar-refractivity contribution in [3.8, 4) is 11.1 Å². The van der Waals surface area contributed by atoms with Gasteiger partial charge in [-0.25, -0.2) is 4.79 Å². The maximum Gasteiger partial charge on any atom is 0.407 e. The Morgan fingerprint density at radius 1 is 0.921 bits per heavy atom. The van der Waals surface area contributed by atoms with Crippen molar-refractivity contribution in [1.82, 2.24) is 10.2 Å². The fourth-order valence-corrected chi connectivity index (χ4v) is 5.05. The van der Waals surface area contributed by atoms with E-state index in [9.17, 15) is 14.4 Å². The summed E-state index contributed by atoms with van der Waals surface area (Å²) in [5.74, 6) is -1.21. The first-order valence-electron chi connectivity index (χ1n) is 13.1. The molecule has 198 valence electrons. The fourth-order valence-electron chi connectivity index (χ4n) is 5.05. The Bertz CT molecular complexity index is 1210. The van der Waals surface area contributed by atoms with E-state index >= 15 is 0 Å². The van der Waals surface area contributed by atoms with Gasteiger partial charge in [0.15, 0.2) is 0 Å². The zero-order valence-electron chi connectivity index (χ0n) is 21.6. The van der Waals surface area contributed by atoms with Crippen molar-refractivity contribution in [2.24, 2.45) is 0 Å². The van der Waals surface area contributed by atoms with Crippen molar-refractivity contribution in [2.45, 2.75) is 51.1 Å². The molecule has 7 heteroatoms. The van der Waals surface area contributed by atoms with E-state index in [1.165, 1.54) is 0 Å². The van der Waals surface area contributed by atoms with Crippen LogP contribution in [0.5, 0.6) is 0 Å². The van der Waals surface area contributed by atoms with E-state index in [0.717, 1.165) is 34.2 Å². The minimum Gasteiger partial charge on any atom is -0.481 e. The lowest BCUT2D eigenvalue weighted by Gasteiger charge is -2.25. The second kappa shape index (κ2) is 12.9. The first-order chi connectivity index (χ1) is 18.5. The number of benzene rings is 3. The quantitative estimate of drug-likeness (QED) is 0.329. The van der Waals surface area contributed by atoms with Crippen LogP contribution in [-0.2, 0) is 20.9 Å². The first kappa shape index (κ1) is 26.9. The van der Waals surface area contributed by atoms with Crippen LogP contribution in [0.3, 0.4) is 0 Å². The number of ether oxygens (including phenoxy) is 1. The number of carbonyl (C=O) groups is 3. The number of nitrogens with one attached hydrogen (secondary N) is 1. The molecule has 1 aliphatic carbocycles. The Morgan fingerprint density at radius 2 is 1.53 bits per heavy atom. The van der Waals surface area contributed by atoms with E-state index in [1.807, 2.05) is 61.5 Å². The van der Waals surface area contributed by atoms with Crippen molar-refractivity contribution in [3.05, 3.63) is 95.6 Å². The lowest BCUT2D eigenvalue weighted by atomic mass is 9.98. The van der Waals surface area contributed by atoms with E-state index in [1.54, 1.807) is 4.90 Å². The van der Waals surface area contributed by atoms with Crippen molar-refractivity contribution in [3.63, 3.8) is 0 Å². The summed E-state index contributed by atoms with van der Waals surface area (Å²) in [4.78, 5) is 38.8. The van der Waals surface area contributed by atoms with Gasteiger partial charge in [0, 0.05) is 31.5 Å². The van der Waals surface area contributed by atoms with Gasteiger partial charge in [-0.2, -0.15) is 0 Å². The minimum atomic E-state index is -0.960. The van der Waals surface area contributed by atoms with Crippen LogP contribution in [0.25, 0.3) is 11.1 Å². The molecule has 1 atom stereocenters. The second-order valence-corrected chi connectivity index (χ2v) is 9.60. The monoisotopic (exact) mass is 514 g/mol. The van der Waals surface area contributed by atoms with Gasteiger partial charge in [-0.1, -0.05) is 92.2 Å². The molecular weight excluding hydrogens is 480 g/mol. The average molecular weight is 515 g/mol. The predicted octanol–water partition coefficient (Wildman–Crippen LogP) is 5.59. The summed E-state index contributed by atoms with van der Waals surface area (Å²) in [5.41, 5.74) is 5.51. The molecule has 0 saturated carbocycles. The molecule has 0 fully saturated rings. The number of nitrogens with zero attached hydrogens (tertiary/aromatic N) is 1. The molecule has 1 aliphatic rings. The number of hydrogen-bond acceptors (Lipinski definition) is 4. The standard InChI is InChI=1S/C31H34N2O5/c1-2-10-23(19-29(34)33(18-17-30(35)36)20-22-11-4-3-5-12-22)32-31(37)38-21-28-26-15-8-6-13-24(26)25-14-7-9-16-27(25)28/h3-9,11-16,23,28H,2,10,17-21H2,1H3,(H,32,37)(H,35,36)/t23-/m0/s1. The van der Waals surface area contributed by atoms with Crippen LogP contribution in [0.4, 0.5) is 4.79 Å². The van der Waals surface area contributed by atoms with Crippen molar-refractivity contribution in [1.29, 1.82) is 0 Å². The lowest BCUT2D eigenvalue weighted by molar-refractivity contribution is -0.138. The van der Waals surface area contributed by atoms with Crippen LogP contribution in [0.1, 0.15) is 55.2 Å². The number of fused-ring (bicyclic) bond motifs is 3. The number of carboxylic acids is 1. The van der Waals surface area contributed by atoms with Gasteiger partial charge in [0.05, 0.1) is 6.42 Å². The van der Waals surface area contributed by atoms with Crippen LogP contribution in [0.15, 0.2) is 78.9 Å². The summed E-state index contributed by atoms with van der Waals surface area (Å²) in [6, 6.07) is 25.4. The zero-order valence-corrected chi connectivity index (χ0v) is 21.6. The predicted molar refractivity (Wildman–Crippen MR) is 146 cm³/mol. The number of amides is 2. The summed E-state index contributed by atoms with van der Waals surface area (Å²) in [6.45, 7) is 2.61. The molecule has 2 amide bonds. The number of hydrogen-bond donors (Lipinski definition) is 2. The smallest absolute Gasteiger partial charge is 0.407 e. The Balaban J connectivity index is 1.38.